The van der Waals surface area contributed by atoms with Gasteiger partial charge in [-0.2, -0.15) is 4.31 Å². The highest BCUT2D eigenvalue weighted by Crippen LogP contribution is 2.34. The molecule has 0 atom stereocenters. The Kier molecular flexibility index (Phi) is 5.28. The van der Waals surface area contributed by atoms with Crippen LogP contribution >= 0.6 is 11.3 Å². The molecule has 0 aromatic carbocycles. The summed E-state index contributed by atoms with van der Waals surface area (Å²) in [6.45, 7) is 3.20. The molecule has 1 amide bonds. The molecule has 3 aromatic heterocycles. The molecule has 1 aliphatic rings. The van der Waals surface area contributed by atoms with Crippen molar-refractivity contribution in [3.8, 4) is 10.8 Å². The lowest BCUT2D eigenvalue weighted by Gasteiger charge is -2.15. The standard InChI is InChI=1S/C18H20N4O5S2/c1-12-15(29(24,25)21(2)11-13-6-5-9-26-13)10-14(28-12)16-19-20-17(27-16)18(23)22-7-3-4-8-22/h5-6,9-10H,3-4,7-8,11H2,1-2H3. The lowest BCUT2D eigenvalue weighted by molar-refractivity contribution is 0.0754. The average molecular weight is 437 g/mol. The van der Waals surface area contributed by atoms with Crippen molar-refractivity contribution >= 4 is 27.3 Å². The van der Waals surface area contributed by atoms with Crippen LogP contribution in [0.15, 0.2) is 38.2 Å². The molecule has 1 fully saturated rings. The van der Waals surface area contributed by atoms with Crippen LogP contribution in [0.3, 0.4) is 0 Å². The minimum atomic E-state index is -3.74. The van der Waals surface area contributed by atoms with Crippen molar-refractivity contribution in [1.82, 2.24) is 19.4 Å². The average Bonchev–Trinajstić information content (AvgIpc) is 3.46. The number of hydrogen-bond acceptors (Lipinski definition) is 8. The fourth-order valence-corrected chi connectivity index (χ4v) is 5.78. The van der Waals surface area contributed by atoms with E-state index in [9.17, 15) is 13.2 Å². The molecule has 9 nitrogen and oxygen atoms in total. The largest absolute Gasteiger partial charge is 0.468 e. The molecule has 0 aliphatic carbocycles. The molecule has 29 heavy (non-hydrogen) atoms. The van der Waals surface area contributed by atoms with Gasteiger partial charge in [-0.05, 0) is 38.0 Å². The number of hydrogen-bond donors (Lipinski definition) is 0. The first-order valence-corrected chi connectivity index (χ1v) is 11.3. The Balaban J connectivity index is 1.57. The molecule has 11 heteroatoms. The summed E-state index contributed by atoms with van der Waals surface area (Å²) in [5.41, 5.74) is 0. The van der Waals surface area contributed by atoms with Gasteiger partial charge < -0.3 is 13.7 Å². The zero-order valence-corrected chi connectivity index (χ0v) is 17.6. The molecule has 3 aromatic rings. The molecule has 0 N–H and O–H groups in total. The van der Waals surface area contributed by atoms with Crippen LogP contribution < -0.4 is 0 Å². The van der Waals surface area contributed by atoms with E-state index in [0.717, 1.165) is 12.8 Å². The van der Waals surface area contributed by atoms with Crippen LogP contribution in [0, 0.1) is 6.92 Å². The maximum atomic E-state index is 13.0. The van der Waals surface area contributed by atoms with E-state index in [1.807, 2.05) is 0 Å². The number of thiophene rings is 1. The SMILES string of the molecule is Cc1sc(-c2nnc(C(=O)N3CCCC3)o2)cc1S(=O)(=O)N(C)Cc1ccco1. The summed E-state index contributed by atoms with van der Waals surface area (Å²) in [7, 11) is -2.24. The van der Waals surface area contributed by atoms with E-state index < -0.39 is 10.0 Å². The van der Waals surface area contributed by atoms with Crippen LogP contribution in [0.4, 0.5) is 0 Å². The van der Waals surface area contributed by atoms with Crippen LogP contribution in [0.5, 0.6) is 0 Å². The van der Waals surface area contributed by atoms with Gasteiger partial charge in [-0.1, -0.05) is 0 Å². The normalized spacial score (nSPS) is 14.8. The molecule has 0 unspecified atom stereocenters. The summed E-state index contributed by atoms with van der Waals surface area (Å²) < 4.78 is 38.0. The van der Waals surface area contributed by atoms with E-state index in [1.165, 1.54) is 35.0 Å². The molecule has 154 valence electrons. The number of likely N-dealkylation sites (tertiary alicyclic amines) is 1. The van der Waals surface area contributed by atoms with Gasteiger partial charge in [-0.3, -0.25) is 4.79 Å². The highest BCUT2D eigenvalue weighted by molar-refractivity contribution is 7.89. The second kappa shape index (κ2) is 7.73. The van der Waals surface area contributed by atoms with Crippen molar-refractivity contribution in [2.75, 3.05) is 20.1 Å². The Bertz CT molecular complexity index is 1110. The van der Waals surface area contributed by atoms with Gasteiger partial charge in [0.25, 0.3) is 5.89 Å². The van der Waals surface area contributed by atoms with Crippen molar-refractivity contribution < 1.29 is 22.0 Å². The van der Waals surface area contributed by atoms with Crippen LogP contribution in [0.1, 0.15) is 34.2 Å². The van der Waals surface area contributed by atoms with Crippen LogP contribution in [-0.4, -0.2) is 53.9 Å². The smallest absolute Gasteiger partial charge is 0.311 e. The van der Waals surface area contributed by atoms with E-state index in [1.54, 1.807) is 24.0 Å². The third-order valence-corrected chi connectivity index (χ3v) is 7.83. The molecule has 0 radical (unpaired) electrons. The van der Waals surface area contributed by atoms with Gasteiger partial charge in [-0.15, -0.1) is 21.5 Å². The van der Waals surface area contributed by atoms with Crippen LogP contribution in [0.2, 0.25) is 0 Å². The Morgan fingerprint density at radius 3 is 2.76 bits per heavy atom. The van der Waals surface area contributed by atoms with Gasteiger partial charge >= 0.3 is 11.8 Å². The zero-order chi connectivity index (χ0) is 20.6. The monoisotopic (exact) mass is 436 g/mol. The second-order valence-corrected chi connectivity index (χ2v) is 10.1. The third kappa shape index (κ3) is 3.85. The fourth-order valence-electron chi connectivity index (χ4n) is 3.17. The van der Waals surface area contributed by atoms with Crippen molar-refractivity contribution in [2.45, 2.75) is 31.2 Å². The number of sulfonamides is 1. The third-order valence-electron chi connectivity index (χ3n) is 4.73. The van der Waals surface area contributed by atoms with Gasteiger partial charge in [0.1, 0.15) is 5.76 Å². The first-order valence-electron chi connectivity index (χ1n) is 9.08. The minimum Gasteiger partial charge on any atom is -0.468 e. The number of aryl methyl sites for hydroxylation is 1. The summed E-state index contributed by atoms with van der Waals surface area (Å²) >= 11 is 1.23. The van der Waals surface area contributed by atoms with E-state index >= 15 is 0 Å². The number of amides is 1. The van der Waals surface area contributed by atoms with E-state index in [-0.39, 0.29) is 29.1 Å². The Morgan fingerprint density at radius 2 is 2.07 bits per heavy atom. The Hall–Kier alpha value is -2.50. The first-order chi connectivity index (χ1) is 13.9. The summed E-state index contributed by atoms with van der Waals surface area (Å²) in [6.07, 6.45) is 3.42. The number of aromatic nitrogens is 2. The molecule has 0 spiro atoms. The van der Waals surface area contributed by atoms with Gasteiger partial charge in [0, 0.05) is 25.0 Å². The van der Waals surface area contributed by atoms with Crippen molar-refractivity contribution in [3.05, 3.63) is 41.0 Å². The molecule has 1 aliphatic heterocycles. The predicted octanol–water partition coefficient (Wildman–Crippen LogP) is 2.76. The minimum absolute atomic E-state index is 0.0766. The molecule has 1 saturated heterocycles. The zero-order valence-electron chi connectivity index (χ0n) is 16.0. The first kappa shape index (κ1) is 19.8. The number of carbonyl (C=O) groups excluding carboxylic acids is 1. The van der Waals surface area contributed by atoms with E-state index in [2.05, 4.69) is 10.2 Å². The lowest BCUT2D eigenvalue weighted by Crippen LogP contribution is -2.27. The fraction of sp³-hybridized carbons (Fsp3) is 0.389. The summed E-state index contributed by atoms with van der Waals surface area (Å²) in [5.74, 6) is 0.315. The van der Waals surface area contributed by atoms with Gasteiger partial charge in [0.15, 0.2) is 0 Å². The van der Waals surface area contributed by atoms with E-state index in [0.29, 0.717) is 28.6 Å². The molecular formula is C18H20N4O5S2. The van der Waals surface area contributed by atoms with Crippen molar-refractivity contribution in [1.29, 1.82) is 0 Å². The summed E-state index contributed by atoms with van der Waals surface area (Å²) in [6, 6.07) is 4.93. The van der Waals surface area contributed by atoms with E-state index in [4.69, 9.17) is 8.83 Å². The van der Waals surface area contributed by atoms with Crippen LogP contribution in [-0.2, 0) is 16.6 Å². The summed E-state index contributed by atoms with van der Waals surface area (Å²) in [5, 5.41) is 7.79. The quantitative estimate of drug-likeness (QED) is 0.584. The van der Waals surface area contributed by atoms with Crippen molar-refractivity contribution in [3.63, 3.8) is 0 Å². The number of nitrogens with zero attached hydrogens (tertiary/aromatic N) is 4. The Morgan fingerprint density at radius 1 is 1.31 bits per heavy atom. The molecule has 4 rings (SSSR count). The molecule has 0 saturated carbocycles. The topological polar surface area (TPSA) is 110 Å². The molecule has 0 bridgehead atoms. The lowest BCUT2D eigenvalue weighted by atomic mass is 10.4. The maximum Gasteiger partial charge on any atom is 0.311 e. The van der Waals surface area contributed by atoms with Crippen molar-refractivity contribution in [2.24, 2.45) is 0 Å². The van der Waals surface area contributed by atoms with Gasteiger partial charge in [-0.25, -0.2) is 8.42 Å². The molecular weight excluding hydrogens is 416 g/mol. The number of carbonyl (C=O) groups is 1. The highest BCUT2D eigenvalue weighted by atomic mass is 32.2. The number of furan rings is 1. The summed E-state index contributed by atoms with van der Waals surface area (Å²) in [4.78, 5) is 15.3. The second-order valence-electron chi connectivity index (χ2n) is 6.78. The Labute approximate surface area is 172 Å². The maximum absolute atomic E-state index is 13.0. The molecule has 4 heterocycles. The van der Waals surface area contributed by atoms with Crippen LogP contribution in [0.25, 0.3) is 10.8 Å². The highest BCUT2D eigenvalue weighted by Gasteiger charge is 2.29. The number of rotatable bonds is 6. The predicted molar refractivity (Wildman–Crippen MR) is 105 cm³/mol. The van der Waals surface area contributed by atoms with Gasteiger partial charge in [0.05, 0.1) is 22.6 Å². The van der Waals surface area contributed by atoms with Gasteiger partial charge in [0.2, 0.25) is 10.0 Å².